The molecule has 2 fully saturated rings. The van der Waals surface area contributed by atoms with Gasteiger partial charge in [0.15, 0.2) is 0 Å². The van der Waals surface area contributed by atoms with E-state index >= 15 is 0 Å². The zero-order valence-electron chi connectivity index (χ0n) is 17.2. The van der Waals surface area contributed by atoms with Crippen LogP contribution >= 0.6 is 0 Å². The highest BCUT2D eigenvalue weighted by Gasteiger charge is 2.40. The molecule has 4 rings (SSSR count). The number of benzene rings is 2. The summed E-state index contributed by atoms with van der Waals surface area (Å²) in [5.41, 5.74) is 3.63. The lowest BCUT2D eigenvalue weighted by Crippen LogP contribution is -2.38. The van der Waals surface area contributed by atoms with Crippen LogP contribution in [0.4, 0.5) is 5.69 Å². The Balaban J connectivity index is 1.55. The molecule has 0 radical (unpaired) electrons. The van der Waals surface area contributed by atoms with Gasteiger partial charge in [-0.2, -0.15) is 0 Å². The number of rotatable bonds is 5. The second kappa shape index (κ2) is 7.48. The van der Waals surface area contributed by atoms with Crippen LogP contribution in [0.2, 0.25) is 0 Å². The van der Waals surface area contributed by atoms with Gasteiger partial charge in [-0.3, -0.25) is 9.52 Å². The van der Waals surface area contributed by atoms with Crippen LogP contribution in [0.25, 0.3) is 0 Å². The van der Waals surface area contributed by atoms with Crippen LogP contribution in [0.3, 0.4) is 0 Å². The number of nitrogens with one attached hydrogen (secondary N) is 2. The average molecular weight is 413 g/mol. The predicted molar refractivity (Wildman–Crippen MR) is 115 cm³/mol. The van der Waals surface area contributed by atoms with Gasteiger partial charge in [0.05, 0.1) is 4.90 Å². The van der Waals surface area contributed by atoms with Crippen LogP contribution in [-0.2, 0) is 10.0 Å². The first-order valence-corrected chi connectivity index (χ1v) is 11.7. The summed E-state index contributed by atoms with van der Waals surface area (Å²) in [6.45, 7) is 5.67. The van der Waals surface area contributed by atoms with Crippen molar-refractivity contribution in [3.63, 3.8) is 0 Å². The van der Waals surface area contributed by atoms with E-state index in [0.717, 1.165) is 23.5 Å². The SMILES string of the molecule is Cc1ccc(NS(=O)(=O)c2cc(C(=O)N[C@H]3C[C@H]4CC[C@H]3C4)ccc2C)cc1C. The van der Waals surface area contributed by atoms with Gasteiger partial charge in [0, 0.05) is 17.3 Å². The summed E-state index contributed by atoms with van der Waals surface area (Å²) in [7, 11) is -3.80. The van der Waals surface area contributed by atoms with E-state index in [1.807, 2.05) is 26.0 Å². The molecule has 0 heterocycles. The molecule has 0 aromatic heterocycles. The smallest absolute Gasteiger partial charge is 0.262 e. The molecular formula is C23H28N2O3S. The van der Waals surface area contributed by atoms with Crippen LogP contribution in [-0.4, -0.2) is 20.4 Å². The number of amides is 1. The van der Waals surface area contributed by atoms with Gasteiger partial charge in [0.2, 0.25) is 0 Å². The van der Waals surface area contributed by atoms with Gasteiger partial charge in [-0.15, -0.1) is 0 Å². The number of anilines is 1. The van der Waals surface area contributed by atoms with Crippen molar-refractivity contribution in [3.8, 4) is 0 Å². The van der Waals surface area contributed by atoms with Crippen molar-refractivity contribution in [2.24, 2.45) is 11.8 Å². The molecule has 2 N–H and O–H groups in total. The van der Waals surface area contributed by atoms with E-state index in [1.165, 1.54) is 25.3 Å². The van der Waals surface area contributed by atoms with Crippen LogP contribution in [0, 0.1) is 32.6 Å². The molecule has 29 heavy (non-hydrogen) atoms. The third kappa shape index (κ3) is 4.04. The molecule has 2 bridgehead atoms. The van der Waals surface area contributed by atoms with Gasteiger partial charge >= 0.3 is 0 Å². The average Bonchev–Trinajstić information content (AvgIpc) is 3.27. The Labute approximate surface area is 173 Å². The first-order valence-electron chi connectivity index (χ1n) is 10.2. The number of carbonyl (C=O) groups excluding carboxylic acids is 1. The minimum absolute atomic E-state index is 0.135. The molecule has 2 aromatic rings. The van der Waals surface area contributed by atoms with Crippen molar-refractivity contribution in [1.82, 2.24) is 5.32 Å². The second-order valence-corrected chi connectivity index (χ2v) is 10.3. The first kappa shape index (κ1) is 20.0. The lowest BCUT2D eigenvalue weighted by atomic mass is 9.95. The maximum Gasteiger partial charge on any atom is 0.262 e. The minimum atomic E-state index is -3.80. The van der Waals surface area contributed by atoms with Crippen molar-refractivity contribution in [2.75, 3.05) is 4.72 Å². The third-order valence-electron chi connectivity index (χ3n) is 6.55. The largest absolute Gasteiger partial charge is 0.349 e. The standard InChI is InChI=1S/C23H28N2O3S/c1-14-5-9-20(10-16(14)3)25-29(27,28)22-13-19(7-4-15(22)2)23(26)24-21-12-17-6-8-18(21)11-17/h4-5,7,9-10,13,17-18,21,25H,6,8,11-12H2,1-3H3,(H,24,26)/t17-,18-,21-/m0/s1. The molecule has 0 aliphatic heterocycles. The van der Waals surface area contributed by atoms with Gasteiger partial charge in [0.1, 0.15) is 0 Å². The Kier molecular flexibility index (Phi) is 5.15. The lowest BCUT2D eigenvalue weighted by Gasteiger charge is -2.23. The molecule has 0 saturated heterocycles. The van der Waals surface area contributed by atoms with Crippen molar-refractivity contribution in [3.05, 3.63) is 58.7 Å². The Hall–Kier alpha value is -2.34. The van der Waals surface area contributed by atoms with E-state index in [1.54, 1.807) is 25.1 Å². The van der Waals surface area contributed by atoms with Gasteiger partial charge < -0.3 is 5.32 Å². The highest BCUT2D eigenvalue weighted by Crippen LogP contribution is 2.44. The number of hydrogen-bond donors (Lipinski definition) is 2. The Morgan fingerprint density at radius 3 is 2.34 bits per heavy atom. The normalized spacial score (nSPS) is 23.2. The molecule has 2 aliphatic rings. The zero-order chi connectivity index (χ0) is 20.8. The van der Waals surface area contributed by atoms with Crippen LogP contribution in [0.1, 0.15) is 52.7 Å². The summed E-state index contributed by atoms with van der Waals surface area (Å²) in [4.78, 5) is 12.9. The van der Waals surface area contributed by atoms with E-state index in [2.05, 4.69) is 10.0 Å². The Bertz CT molecular complexity index is 1060. The van der Waals surface area contributed by atoms with E-state index in [0.29, 0.717) is 22.7 Å². The third-order valence-corrected chi connectivity index (χ3v) is 8.08. The Morgan fingerprint density at radius 1 is 0.931 bits per heavy atom. The molecule has 1 amide bonds. The minimum Gasteiger partial charge on any atom is -0.349 e. The fraction of sp³-hybridized carbons (Fsp3) is 0.435. The molecule has 0 spiro atoms. The maximum absolute atomic E-state index is 13.0. The van der Waals surface area contributed by atoms with E-state index in [-0.39, 0.29) is 16.8 Å². The second-order valence-electron chi connectivity index (χ2n) is 8.64. The molecule has 0 unspecified atom stereocenters. The number of carbonyl (C=O) groups is 1. The number of fused-ring (bicyclic) bond motifs is 2. The fourth-order valence-corrected chi connectivity index (χ4v) is 6.04. The van der Waals surface area contributed by atoms with Crippen LogP contribution in [0.5, 0.6) is 0 Å². The molecule has 2 saturated carbocycles. The van der Waals surface area contributed by atoms with Crippen LogP contribution < -0.4 is 10.0 Å². The summed E-state index contributed by atoms with van der Waals surface area (Å²) in [5.74, 6) is 1.12. The number of hydrogen-bond acceptors (Lipinski definition) is 3. The van der Waals surface area contributed by atoms with Crippen molar-refractivity contribution in [2.45, 2.75) is 57.4 Å². The van der Waals surface area contributed by atoms with Gasteiger partial charge in [-0.25, -0.2) is 8.42 Å². The van der Waals surface area contributed by atoms with E-state index < -0.39 is 10.0 Å². The molecule has 3 atom stereocenters. The predicted octanol–water partition coefficient (Wildman–Crippen LogP) is 4.33. The summed E-state index contributed by atoms with van der Waals surface area (Å²) < 4.78 is 28.6. The zero-order valence-corrected chi connectivity index (χ0v) is 18.0. The Morgan fingerprint density at radius 2 is 1.69 bits per heavy atom. The highest BCUT2D eigenvalue weighted by atomic mass is 32.2. The maximum atomic E-state index is 13.0. The summed E-state index contributed by atoms with van der Waals surface area (Å²) >= 11 is 0. The van der Waals surface area contributed by atoms with E-state index in [4.69, 9.17) is 0 Å². The summed E-state index contributed by atoms with van der Waals surface area (Å²) in [6, 6.07) is 10.6. The monoisotopic (exact) mass is 412 g/mol. The van der Waals surface area contributed by atoms with Gasteiger partial charge in [-0.1, -0.05) is 18.6 Å². The molecule has 5 nitrogen and oxygen atoms in total. The molecule has 6 heteroatoms. The first-order chi connectivity index (χ1) is 13.7. The topological polar surface area (TPSA) is 75.3 Å². The van der Waals surface area contributed by atoms with Crippen LogP contribution in [0.15, 0.2) is 41.3 Å². The summed E-state index contributed by atoms with van der Waals surface area (Å²) in [5, 5.41) is 3.13. The van der Waals surface area contributed by atoms with Crippen molar-refractivity contribution in [1.29, 1.82) is 0 Å². The van der Waals surface area contributed by atoms with E-state index in [9.17, 15) is 13.2 Å². The lowest BCUT2D eigenvalue weighted by molar-refractivity contribution is 0.0922. The molecule has 2 aliphatic carbocycles. The van der Waals surface area contributed by atoms with Gasteiger partial charge in [-0.05, 0) is 92.8 Å². The van der Waals surface area contributed by atoms with Crippen molar-refractivity contribution >= 4 is 21.6 Å². The molecule has 2 aromatic carbocycles. The highest BCUT2D eigenvalue weighted by molar-refractivity contribution is 7.92. The summed E-state index contributed by atoms with van der Waals surface area (Å²) in [6.07, 6.45) is 4.71. The fourth-order valence-electron chi connectivity index (χ4n) is 4.72. The molecular weight excluding hydrogens is 384 g/mol. The number of aryl methyl sites for hydroxylation is 3. The quantitative estimate of drug-likeness (QED) is 0.767. The number of sulfonamides is 1. The van der Waals surface area contributed by atoms with Gasteiger partial charge in [0.25, 0.3) is 15.9 Å². The van der Waals surface area contributed by atoms with Crippen molar-refractivity contribution < 1.29 is 13.2 Å². The molecule has 154 valence electrons.